The van der Waals surface area contributed by atoms with E-state index in [-0.39, 0.29) is 23.6 Å². The fourth-order valence-corrected chi connectivity index (χ4v) is 7.49. The Morgan fingerprint density at radius 3 is 1.79 bits per heavy atom. The number of sulfonamides is 1. The van der Waals surface area contributed by atoms with Crippen molar-refractivity contribution in [2.45, 2.75) is 60.7 Å². The van der Waals surface area contributed by atoms with Gasteiger partial charge in [0.05, 0.1) is 15.7 Å². The first kappa shape index (κ1) is 13.8. The second-order valence-electron chi connectivity index (χ2n) is 6.03. The molecule has 1 saturated heterocycles. The number of hydrogen-bond acceptors (Lipinski definition) is 4. The van der Waals surface area contributed by atoms with Gasteiger partial charge in [0.1, 0.15) is 0 Å². The molecule has 1 heterocycles. The van der Waals surface area contributed by atoms with Crippen LogP contribution < -0.4 is 0 Å². The van der Waals surface area contributed by atoms with Crippen LogP contribution in [0.2, 0.25) is 0 Å². The lowest BCUT2D eigenvalue weighted by Gasteiger charge is -2.39. The van der Waals surface area contributed by atoms with Crippen molar-refractivity contribution in [3.05, 3.63) is 0 Å². The second-order valence-corrected chi connectivity index (χ2v) is 10.8. The Labute approximate surface area is 115 Å². The Balaban J connectivity index is 1.63. The highest BCUT2D eigenvalue weighted by atomic mass is 32.2. The van der Waals surface area contributed by atoms with Crippen LogP contribution in [0.1, 0.15) is 44.9 Å². The number of hydrogen-bond donors (Lipinski definition) is 0. The Kier molecular flexibility index (Phi) is 3.42. The summed E-state index contributed by atoms with van der Waals surface area (Å²) in [5.41, 5.74) is 0. The predicted molar refractivity (Wildman–Crippen MR) is 73.1 cm³/mol. The van der Waals surface area contributed by atoms with Gasteiger partial charge in [-0.1, -0.05) is 19.3 Å². The second kappa shape index (κ2) is 4.70. The topological polar surface area (TPSA) is 71.5 Å². The molecule has 0 aromatic heterocycles. The minimum atomic E-state index is -3.18. The Bertz CT molecular complexity index is 538. The fraction of sp³-hybridized carbons (Fsp3) is 1.00. The minimum Gasteiger partial charge on any atom is -0.228 e. The van der Waals surface area contributed by atoms with Crippen molar-refractivity contribution in [1.29, 1.82) is 0 Å². The predicted octanol–water partition coefficient (Wildman–Crippen LogP) is 0.910. The molecule has 3 rings (SSSR count). The molecule has 0 bridgehead atoms. The standard InChI is InChI=1S/C12H21NO4S2/c14-18(15,10-4-2-1-3-5-10)12-8-13(9-12)19(16,17)11-6-7-11/h10-12H,1-9H2. The minimum absolute atomic E-state index is 0.192. The SMILES string of the molecule is O=S(=O)(C1CCCCC1)C1CN(S(=O)(=O)C2CC2)C1. The van der Waals surface area contributed by atoms with E-state index in [0.717, 1.165) is 44.9 Å². The zero-order valence-electron chi connectivity index (χ0n) is 11.0. The summed E-state index contributed by atoms with van der Waals surface area (Å²) in [6, 6.07) is 0. The van der Waals surface area contributed by atoms with Crippen molar-refractivity contribution in [2.75, 3.05) is 13.1 Å². The summed E-state index contributed by atoms with van der Waals surface area (Å²) in [4.78, 5) is 0. The summed E-state index contributed by atoms with van der Waals surface area (Å²) in [5.74, 6) is 0. The van der Waals surface area contributed by atoms with Crippen molar-refractivity contribution in [3.8, 4) is 0 Å². The average molecular weight is 307 g/mol. The van der Waals surface area contributed by atoms with E-state index in [9.17, 15) is 16.8 Å². The summed E-state index contributed by atoms with van der Waals surface area (Å²) in [6.45, 7) is 0.384. The lowest BCUT2D eigenvalue weighted by atomic mass is 10.0. The maximum Gasteiger partial charge on any atom is 0.217 e. The van der Waals surface area contributed by atoms with Crippen molar-refractivity contribution < 1.29 is 16.8 Å². The molecule has 2 saturated carbocycles. The lowest BCUT2D eigenvalue weighted by Crippen LogP contribution is -2.59. The molecule has 110 valence electrons. The highest BCUT2D eigenvalue weighted by Crippen LogP contribution is 2.36. The molecular weight excluding hydrogens is 286 g/mol. The van der Waals surface area contributed by atoms with E-state index >= 15 is 0 Å². The third-order valence-corrected chi connectivity index (χ3v) is 9.56. The maximum atomic E-state index is 12.4. The average Bonchev–Trinajstić information content (AvgIpc) is 3.11. The monoisotopic (exact) mass is 307 g/mol. The summed E-state index contributed by atoms with van der Waals surface area (Å²) < 4.78 is 50.1. The van der Waals surface area contributed by atoms with Crippen LogP contribution in [0, 0.1) is 0 Å². The van der Waals surface area contributed by atoms with Gasteiger partial charge in [-0.2, -0.15) is 4.31 Å². The van der Waals surface area contributed by atoms with E-state index in [2.05, 4.69) is 0 Å². The van der Waals surface area contributed by atoms with E-state index in [0.29, 0.717) is 0 Å². The van der Waals surface area contributed by atoms with Gasteiger partial charge in [-0.15, -0.1) is 0 Å². The molecule has 7 heteroatoms. The van der Waals surface area contributed by atoms with Gasteiger partial charge in [-0.25, -0.2) is 16.8 Å². The summed E-state index contributed by atoms with van der Waals surface area (Å²) in [7, 11) is -6.31. The van der Waals surface area contributed by atoms with Gasteiger partial charge in [-0.3, -0.25) is 0 Å². The molecule has 0 atom stereocenters. The fourth-order valence-electron chi connectivity index (χ4n) is 3.06. The molecule has 0 N–H and O–H groups in total. The van der Waals surface area contributed by atoms with Crippen LogP contribution in [0.15, 0.2) is 0 Å². The molecule has 0 unspecified atom stereocenters. The molecule has 0 amide bonds. The molecule has 0 aromatic rings. The quantitative estimate of drug-likeness (QED) is 0.774. The van der Waals surface area contributed by atoms with Gasteiger partial charge in [0.2, 0.25) is 10.0 Å². The largest absolute Gasteiger partial charge is 0.228 e. The van der Waals surface area contributed by atoms with Crippen LogP contribution in [0.25, 0.3) is 0 Å². The van der Waals surface area contributed by atoms with Crippen LogP contribution in [0.3, 0.4) is 0 Å². The van der Waals surface area contributed by atoms with Gasteiger partial charge in [0.15, 0.2) is 9.84 Å². The van der Waals surface area contributed by atoms with Crippen LogP contribution in [0.4, 0.5) is 0 Å². The first-order valence-corrected chi connectivity index (χ1v) is 10.3. The maximum absolute atomic E-state index is 12.4. The van der Waals surface area contributed by atoms with Gasteiger partial charge < -0.3 is 0 Å². The number of nitrogens with zero attached hydrogens (tertiary/aromatic N) is 1. The zero-order valence-corrected chi connectivity index (χ0v) is 12.6. The van der Waals surface area contributed by atoms with E-state index in [1.54, 1.807) is 0 Å². The van der Waals surface area contributed by atoms with E-state index in [1.807, 2.05) is 0 Å². The van der Waals surface area contributed by atoms with Crippen LogP contribution in [-0.4, -0.2) is 50.0 Å². The van der Waals surface area contributed by atoms with Gasteiger partial charge in [0, 0.05) is 13.1 Å². The Morgan fingerprint density at radius 1 is 0.684 bits per heavy atom. The van der Waals surface area contributed by atoms with E-state index < -0.39 is 25.1 Å². The molecule has 3 aliphatic rings. The van der Waals surface area contributed by atoms with Gasteiger partial charge in [0.25, 0.3) is 0 Å². The van der Waals surface area contributed by atoms with Crippen molar-refractivity contribution >= 4 is 19.9 Å². The van der Waals surface area contributed by atoms with E-state index in [4.69, 9.17) is 0 Å². The molecule has 0 aromatic carbocycles. The van der Waals surface area contributed by atoms with E-state index in [1.165, 1.54) is 4.31 Å². The van der Waals surface area contributed by atoms with Crippen LogP contribution in [-0.2, 0) is 19.9 Å². The summed E-state index contributed by atoms with van der Waals surface area (Å²) >= 11 is 0. The van der Waals surface area contributed by atoms with Gasteiger partial charge >= 0.3 is 0 Å². The number of sulfone groups is 1. The van der Waals surface area contributed by atoms with Crippen molar-refractivity contribution in [3.63, 3.8) is 0 Å². The molecule has 5 nitrogen and oxygen atoms in total. The Hall–Kier alpha value is -0.140. The highest BCUT2D eigenvalue weighted by molar-refractivity contribution is 7.93. The normalized spacial score (nSPS) is 28.2. The Morgan fingerprint density at radius 2 is 1.26 bits per heavy atom. The van der Waals surface area contributed by atoms with Crippen LogP contribution in [0.5, 0.6) is 0 Å². The van der Waals surface area contributed by atoms with Crippen molar-refractivity contribution in [2.24, 2.45) is 0 Å². The first-order chi connectivity index (χ1) is 8.92. The molecule has 19 heavy (non-hydrogen) atoms. The molecule has 0 radical (unpaired) electrons. The molecule has 3 fully saturated rings. The van der Waals surface area contributed by atoms with Gasteiger partial charge in [-0.05, 0) is 25.7 Å². The lowest BCUT2D eigenvalue weighted by molar-refractivity contribution is 0.305. The summed E-state index contributed by atoms with van der Waals surface area (Å²) in [5, 5.41) is -0.910. The summed E-state index contributed by atoms with van der Waals surface area (Å²) in [6.07, 6.45) is 6.08. The molecule has 0 spiro atoms. The first-order valence-electron chi connectivity index (χ1n) is 7.14. The molecular formula is C12H21NO4S2. The molecule has 2 aliphatic carbocycles. The highest BCUT2D eigenvalue weighted by Gasteiger charge is 2.50. The molecule has 1 aliphatic heterocycles. The number of rotatable bonds is 4. The third kappa shape index (κ3) is 2.45. The van der Waals surface area contributed by atoms with Crippen LogP contribution >= 0.6 is 0 Å². The zero-order chi connectivity index (χ0) is 13.7. The smallest absolute Gasteiger partial charge is 0.217 e. The third-order valence-electron chi connectivity index (χ3n) is 4.60. The van der Waals surface area contributed by atoms with Crippen molar-refractivity contribution in [1.82, 2.24) is 4.31 Å².